The highest BCUT2D eigenvalue weighted by Crippen LogP contribution is 2.23. The van der Waals surface area contributed by atoms with E-state index in [2.05, 4.69) is 9.80 Å². The number of aliphatic hydroxyl groups is 1. The van der Waals surface area contributed by atoms with Gasteiger partial charge in [0.2, 0.25) is 5.91 Å². The maximum absolute atomic E-state index is 11.9. The highest BCUT2D eigenvalue weighted by Gasteiger charge is 2.24. The van der Waals surface area contributed by atoms with Crippen molar-refractivity contribution >= 4 is 41.7 Å². The average Bonchev–Trinajstić information content (AvgIpc) is 3.00. The Balaban J connectivity index is 0.000000228. The van der Waals surface area contributed by atoms with Gasteiger partial charge in [0, 0.05) is 81.8 Å². The van der Waals surface area contributed by atoms with Crippen LogP contribution in [-0.2, 0) is 19.1 Å². The van der Waals surface area contributed by atoms with Gasteiger partial charge < -0.3 is 29.4 Å². The first-order valence-corrected chi connectivity index (χ1v) is 13.6. The first kappa shape index (κ1) is 31.3. The number of amides is 2. The largest absolute Gasteiger partial charge is 0.456 e. The van der Waals surface area contributed by atoms with Gasteiger partial charge in [0.15, 0.2) is 19.2 Å². The molecule has 0 bridgehead atoms. The molecule has 0 aliphatic carbocycles. The standard InChI is InChI=1S/C16H20N2O4.C14H18N2O3/c1-12-3-4-14(10-19)15(9-12)17-5-7-18(8-6-17)16(21)11-22-13(2)20;1-11-2-3-12(9-17)13(8-11)15-4-6-16(7-5-15)14(19)10-18/h3-4,9-10H,5-8,11H2,1-2H3;2-3,8-9,18H,4-7,10H2,1H3. The second-order valence-corrected chi connectivity index (χ2v) is 10.0. The molecule has 0 saturated carbocycles. The Morgan fingerprint density at radius 1 is 0.732 bits per heavy atom. The lowest BCUT2D eigenvalue weighted by atomic mass is 10.1. The summed E-state index contributed by atoms with van der Waals surface area (Å²) < 4.78 is 4.73. The molecule has 2 fully saturated rings. The molecule has 0 spiro atoms. The number of piperazine rings is 2. The molecule has 2 aliphatic heterocycles. The molecule has 0 unspecified atom stereocenters. The molecule has 11 nitrogen and oxygen atoms in total. The van der Waals surface area contributed by atoms with Crippen molar-refractivity contribution in [1.82, 2.24) is 9.80 Å². The van der Waals surface area contributed by atoms with Crippen LogP contribution < -0.4 is 9.80 Å². The van der Waals surface area contributed by atoms with E-state index in [1.807, 2.05) is 50.2 Å². The number of benzene rings is 2. The summed E-state index contributed by atoms with van der Waals surface area (Å²) >= 11 is 0. The summed E-state index contributed by atoms with van der Waals surface area (Å²) in [4.78, 5) is 63.8. The Labute approximate surface area is 240 Å². The number of aliphatic hydroxyl groups excluding tert-OH is 1. The van der Waals surface area contributed by atoms with E-state index < -0.39 is 12.6 Å². The van der Waals surface area contributed by atoms with Crippen LogP contribution in [0.25, 0.3) is 0 Å². The normalized spacial score (nSPS) is 15.0. The second-order valence-electron chi connectivity index (χ2n) is 10.0. The smallest absolute Gasteiger partial charge is 0.303 e. The van der Waals surface area contributed by atoms with Crippen LogP contribution in [-0.4, -0.2) is 111 Å². The van der Waals surface area contributed by atoms with Gasteiger partial charge in [-0.3, -0.25) is 24.0 Å². The number of aryl methyl sites for hydroxylation is 2. The molecule has 2 amide bonds. The molecule has 41 heavy (non-hydrogen) atoms. The predicted molar refractivity (Wildman–Crippen MR) is 154 cm³/mol. The number of carbonyl (C=O) groups is 5. The molecule has 0 aromatic heterocycles. The fraction of sp³-hybridized carbons (Fsp3) is 0.433. The van der Waals surface area contributed by atoms with E-state index in [-0.39, 0.29) is 18.4 Å². The number of hydrogen-bond acceptors (Lipinski definition) is 9. The molecule has 2 aromatic carbocycles. The molecule has 4 rings (SSSR count). The van der Waals surface area contributed by atoms with Crippen LogP contribution in [0, 0.1) is 13.8 Å². The zero-order valence-electron chi connectivity index (χ0n) is 23.9. The third kappa shape index (κ3) is 8.62. The lowest BCUT2D eigenvalue weighted by Gasteiger charge is -2.36. The van der Waals surface area contributed by atoms with Crippen LogP contribution >= 0.6 is 0 Å². The number of esters is 1. The summed E-state index contributed by atoms with van der Waals surface area (Å²) in [5, 5.41) is 8.84. The van der Waals surface area contributed by atoms with Crippen molar-refractivity contribution in [3.05, 3.63) is 58.7 Å². The SMILES string of the molecule is CC(=O)OCC(=O)N1CCN(c2cc(C)ccc2C=O)CC1.Cc1ccc(C=O)c(N2CCN(C(=O)CO)CC2)c1. The Bertz CT molecular complexity index is 1250. The van der Waals surface area contributed by atoms with Crippen molar-refractivity contribution in [3.8, 4) is 0 Å². The highest BCUT2D eigenvalue weighted by molar-refractivity contribution is 5.86. The van der Waals surface area contributed by atoms with E-state index >= 15 is 0 Å². The van der Waals surface area contributed by atoms with Crippen molar-refractivity contribution in [2.45, 2.75) is 20.8 Å². The van der Waals surface area contributed by atoms with E-state index in [9.17, 15) is 24.0 Å². The fourth-order valence-corrected chi connectivity index (χ4v) is 4.80. The van der Waals surface area contributed by atoms with E-state index in [0.717, 1.165) is 35.1 Å². The molecule has 2 aromatic rings. The van der Waals surface area contributed by atoms with Crippen molar-refractivity contribution in [3.63, 3.8) is 0 Å². The topological polar surface area (TPSA) is 128 Å². The van der Waals surface area contributed by atoms with Crippen LogP contribution in [0.4, 0.5) is 11.4 Å². The van der Waals surface area contributed by atoms with Crippen LogP contribution in [0.5, 0.6) is 0 Å². The number of hydrogen-bond donors (Lipinski definition) is 1. The number of nitrogens with zero attached hydrogens (tertiary/aromatic N) is 4. The van der Waals surface area contributed by atoms with Crippen molar-refractivity contribution < 1.29 is 33.8 Å². The third-order valence-corrected chi connectivity index (χ3v) is 7.11. The zero-order valence-corrected chi connectivity index (χ0v) is 23.9. The molecule has 1 N–H and O–H groups in total. The number of rotatable bonds is 7. The molecule has 2 heterocycles. The van der Waals surface area contributed by atoms with Crippen LogP contribution in [0.2, 0.25) is 0 Å². The molecule has 0 radical (unpaired) electrons. The molecular weight excluding hydrogens is 528 g/mol. The summed E-state index contributed by atoms with van der Waals surface area (Å²) in [7, 11) is 0. The Kier molecular flexibility index (Phi) is 11.4. The summed E-state index contributed by atoms with van der Waals surface area (Å²) in [6.07, 6.45) is 1.72. The Hall–Kier alpha value is -4.25. The molecule has 2 saturated heterocycles. The summed E-state index contributed by atoms with van der Waals surface area (Å²) in [6, 6.07) is 11.4. The molecular formula is C30H38N4O7. The van der Waals surface area contributed by atoms with E-state index in [1.165, 1.54) is 6.92 Å². The highest BCUT2D eigenvalue weighted by atomic mass is 16.5. The minimum absolute atomic E-state index is 0.185. The maximum atomic E-state index is 11.9. The van der Waals surface area contributed by atoms with Gasteiger partial charge in [0.05, 0.1) is 0 Å². The average molecular weight is 567 g/mol. The van der Waals surface area contributed by atoms with Gasteiger partial charge in [0.25, 0.3) is 5.91 Å². The lowest BCUT2D eigenvalue weighted by Crippen LogP contribution is -2.50. The van der Waals surface area contributed by atoms with Gasteiger partial charge in [-0.15, -0.1) is 0 Å². The van der Waals surface area contributed by atoms with Gasteiger partial charge in [-0.05, 0) is 49.2 Å². The van der Waals surface area contributed by atoms with Gasteiger partial charge in [-0.2, -0.15) is 0 Å². The lowest BCUT2D eigenvalue weighted by molar-refractivity contribution is -0.150. The number of anilines is 2. The van der Waals surface area contributed by atoms with Gasteiger partial charge in [-0.25, -0.2) is 0 Å². The van der Waals surface area contributed by atoms with Crippen molar-refractivity contribution in [2.75, 3.05) is 75.4 Å². The second kappa shape index (κ2) is 14.9. The summed E-state index contributed by atoms with van der Waals surface area (Å²) in [5.74, 6) is -0.878. The minimum atomic E-state index is -0.456. The van der Waals surface area contributed by atoms with Crippen molar-refractivity contribution in [2.24, 2.45) is 0 Å². The summed E-state index contributed by atoms with van der Waals surface area (Å²) in [5.41, 5.74) is 5.36. The van der Waals surface area contributed by atoms with Crippen LogP contribution in [0.15, 0.2) is 36.4 Å². The van der Waals surface area contributed by atoms with Crippen LogP contribution in [0.3, 0.4) is 0 Å². The monoisotopic (exact) mass is 566 g/mol. The van der Waals surface area contributed by atoms with E-state index in [4.69, 9.17) is 9.84 Å². The molecule has 0 atom stereocenters. The van der Waals surface area contributed by atoms with Crippen molar-refractivity contribution in [1.29, 1.82) is 0 Å². The summed E-state index contributed by atoms with van der Waals surface area (Å²) in [6.45, 7) is 9.50. The fourth-order valence-electron chi connectivity index (χ4n) is 4.80. The molecule has 11 heteroatoms. The first-order valence-electron chi connectivity index (χ1n) is 13.6. The molecule has 2 aliphatic rings. The van der Waals surface area contributed by atoms with Crippen LogP contribution in [0.1, 0.15) is 38.8 Å². The number of carbonyl (C=O) groups excluding carboxylic acids is 5. The maximum Gasteiger partial charge on any atom is 0.303 e. The van der Waals surface area contributed by atoms with Gasteiger partial charge in [-0.1, -0.05) is 12.1 Å². The zero-order chi connectivity index (χ0) is 29.9. The third-order valence-electron chi connectivity index (χ3n) is 7.11. The Morgan fingerprint density at radius 2 is 1.15 bits per heavy atom. The van der Waals surface area contributed by atoms with Gasteiger partial charge in [0.1, 0.15) is 6.61 Å². The Morgan fingerprint density at radius 3 is 1.51 bits per heavy atom. The molecule has 220 valence electrons. The predicted octanol–water partition coefficient (Wildman–Crippen LogP) is 1.47. The quantitative estimate of drug-likeness (QED) is 0.391. The van der Waals surface area contributed by atoms with E-state index in [1.54, 1.807) is 9.80 Å². The number of aldehydes is 2. The van der Waals surface area contributed by atoms with Gasteiger partial charge >= 0.3 is 5.97 Å². The minimum Gasteiger partial charge on any atom is -0.456 e. The first-order chi connectivity index (χ1) is 19.7. The number of ether oxygens (including phenoxy) is 1. The van der Waals surface area contributed by atoms with E-state index in [0.29, 0.717) is 63.5 Å².